The van der Waals surface area contributed by atoms with Crippen molar-refractivity contribution < 1.29 is 4.79 Å². The van der Waals surface area contributed by atoms with Gasteiger partial charge in [0.1, 0.15) is 0 Å². The van der Waals surface area contributed by atoms with Crippen LogP contribution in [0.15, 0.2) is 11.4 Å². The fourth-order valence-electron chi connectivity index (χ4n) is 2.72. The highest BCUT2D eigenvalue weighted by Crippen LogP contribution is 2.24. The molecule has 0 unspecified atom stereocenters. The Morgan fingerprint density at radius 1 is 1.45 bits per heavy atom. The number of halogens is 1. The van der Waals surface area contributed by atoms with Crippen LogP contribution in [-0.4, -0.2) is 37.5 Å². The van der Waals surface area contributed by atoms with Gasteiger partial charge in [-0.05, 0) is 62.2 Å². The monoisotopic (exact) mass is 316 g/mol. The highest BCUT2D eigenvalue weighted by Gasteiger charge is 2.25. The third-order valence-electron chi connectivity index (χ3n) is 4.03. The summed E-state index contributed by atoms with van der Waals surface area (Å²) in [5.74, 6) is 1.03. The van der Waals surface area contributed by atoms with Crippen molar-refractivity contribution >= 4 is 29.7 Å². The molecule has 5 heteroatoms. The van der Waals surface area contributed by atoms with Gasteiger partial charge in [0.05, 0.1) is 4.88 Å². The Hall–Kier alpha value is -0.580. The molecule has 1 fully saturated rings. The van der Waals surface area contributed by atoms with Crippen LogP contribution in [0.4, 0.5) is 0 Å². The Balaban J connectivity index is 0.00000200. The predicted octanol–water partition coefficient (Wildman–Crippen LogP) is 3.19. The molecule has 1 amide bonds. The number of rotatable bonds is 5. The first-order valence-corrected chi connectivity index (χ1v) is 8.14. The van der Waals surface area contributed by atoms with Crippen LogP contribution < -0.4 is 5.32 Å². The van der Waals surface area contributed by atoms with Gasteiger partial charge in [0.15, 0.2) is 0 Å². The molecular formula is C15H25ClN2OS. The van der Waals surface area contributed by atoms with Gasteiger partial charge in [-0.25, -0.2) is 0 Å². The van der Waals surface area contributed by atoms with Gasteiger partial charge in [0.2, 0.25) is 0 Å². The number of likely N-dealkylation sites (tertiary alicyclic amines) is 1. The Morgan fingerprint density at radius 2 is 2.15 bits per heavy atom. The average Bonchev–Trinajstić information content (AvgIpc) is 2.93. The molecule has 1 aliphatic rings. The molecule has 2 heterocycles. The lowest BCUT2D eigenvalue weighted by Gasteiger charge is -2.32. The van der Waals surface area contributed by atoms with Gasteiger partial charge >= 0.3 is 0 Å². The summed E-state index contributed by atoms with van der Waals surface area (Å²) in [4.78, 5) is 15.5. The van der Waals surface area contributed by atoms with Crippen molar-refractivity contribution in [2.45, 2.75) is 32.6 Å². The molecule has 1 aliphatic heterocycles. The molecule has 3 nitrogen and oxygen atoms in total. The molecule has 0 bridgehead atoms. The third kappa shape index (κ3) is 4.21. The Kier molecular flexibility index (Phi) is 7.56. The second-order valence-electron chi connectivity index (χ2n) is 5.26. The summed E-state index contributed by atoms with van der Waals surface area (Å²) < 4.78 is 0. The smallest absolute Gasteiger partial charge is 0.264 e. The minimum absolute atomic E-state index is 0. The first-order chi connectivity index (χ1) is 9.26. The van der Waals surface area contributed by atoms with Crippen molar-refractivity contribution in [3.05, 3.63) is 21.9 Å². The van der Waals surface area contributed by atoms with Crippen molar-refractivity contribution in [2.75, 3.05) is 26.7 Å². The molecule has 1 N–H and O–H groups in total. The quantitative estimate of drug-likeness (QED) is 0.904. The maximum Gasteiger partial charge on any atom is 0.264 e. The van der Waals surface area contributed by atoms with Gasteiger partial charge in [-0.3, -0.25) is 4.79 Å². The molecule has 0 spiro atoms. The van der Waals surface area contributed by atoms with E-state index in [0.717, 1.165) is 49.7 Å². The fourth-order valence-corrected chi connectivity index (χ4v) is 3.68. The molecule has 1 aromatic rings. The number of carbonyl (C=O) groups excluding carboxylic acids is 1. The number of aryl methyl sites for hydroxylation is 1. The highest BCUT2D eigenvalue weighted by molar-refractivity contribution is 7.12. The number of nitrogens with zero attached hydrogens (tertiary/aromatic N) is 1. The van der Waals surface area contributed by atoms with Crippen LogP contribution in [0.3, 0.4) is 0 Å². The van der Waals surface area contributed by atoms with Crippen molar-refractivity contribution in [2.24, 2.45) is 5.92 Å². The number of carbonyl (C=O) groups is 1. The van der Waals surface area contributed by atoms with E-state index in [1.165, 1.54) is 12.0 Å². The third-order valence-corrected chi connectivity index (χ3v) is 4.97. The van der Waals surface area contributed by atoms with Crippen LogP contribution in [0.25, 0.3) is 0 Å². The van der Waals surface area contributed by atoms with E-state index < -0.39 is 0 Å². The molecule has 20 heavy (non-hydrogen) atoms. The van der Waals surface area contributed by atoms with Gasteiger partial charge in [-0.1, -0.05) is 6.92 Å². The number of hydrogen-bond donors (Lipinski definition) is 1. The molecule has 0 radical (unpaired) electrons. The lowest BCUT2D eigenvalue weighted by Crippen LogP contribution is -2.38. The Bertz CT molecular complexity index is 414. The van der Waals surface area contributed by atoms with Gasteiger partial charge in [0.25, 0.3) is 5.91 Å². The number of piperidine rings is 1. The van der Waals surface area contributed by atoms with Gasteiger partial charge in [-0.2, -0.15) is 0 Å². The van der Waals surface area contributed by atoms with Gasteiger partial charge < -0.3 is 10.2 Å². The zero-order chi connectivity index (χ0) is 13.7. The number of hydrogen-bond acceptors (Lipinski definition) is 3. The lowest BCUT2D eigenvalue weighted by molar-refractivity contribution is 0.0691. The van der Waals surface area contributed by atoms with E-state index in [-0.39, 0.29) is 18.3 Å². The zero-order valence-electron chi connectivity index (χ0n) is 12.4. The van der Waals surface area contributed by atoms with Crippen molar-refractivity contribution in [1.29, 1.82) is 0 Å². The van der Waals surface area contributed by atoms with Crippen LogP contribution in [0.5, 0.6) is 0 Å². The lowest BCUT2D eigenvalue weighted by atomic mass is 9.93. The first-order valence-electron chi connectivity index (χ1n) is 7.26. The summed E-state index contributed by atoms with van der Waals surface area (Å²) in [6, 6.07) is 2.08. The molecule has 1 aromatic heterocycles. The summed E-state index contributed by atoms with van der Waals surface area (Å²) in [7, 11) is 2.00. The standard InChI is InChI=1S/C15H24N2OS.ClH/c1-3-13-7-11-19-14(13)15(18)17-9-5-12(6-10-17)4-8-16-2;/h7,11-12,16H,3-6,8-10H2,1-2H3;1H. The SMILES string of the molecule is CCc1ccsc1C(=O)N1CCC(CCNC)CC1.Cl. The molecule has 0 saturated carbocycles. The number of amides is 1. The van der Waals surface area contributed by atoms with Crippen LogP contribution in [0.1, 0.15) is 41.4 Å². The van der Waals surface area contributed by atoms with Crippen LogP contribution in [0, 0.1) is 5.92 Å². The predicted molar refractivity (Wildman–Crippen MR) is 88.1 cm³/mol. The van der Waals surface area contributed by atoms with Crippen LogP contribution in [0.2, 0.25) is 0 Å². The molecule has 1 saturated heterocycles. The molecule has 0 aliphatic carbocycles. The minimum Gasteiger partial charge on any atom is -0.338 e. The average molecular weight is 317 g/mol. The van der Waals surface area contributed by atoms with Crippen molar-refractivity contribution in [1.82, 2.24) is 10.2 Å². The molecular weight excluding hydrogens is 292 g/mol. The van der Waals surface area contributed by atoms with Crippen LogP contribution >= 0.6 is 23.7 Å². The first kappa shape index (κ1) is 17.5. The van der Waals surface area contributed by atoms with E-state index in [2.05, 4.69) is 18.3 Å². The summed E-state index contributed by atoms with van der Waals surface area (Å²) >= 11 is 1.59. The Morgan fingerprint density at radius 3 is 2.75 bits per heavy atom. The molecule has 0 atom stereocenters. The minimum atomic E-state index is 0. The summed E-state index contributed by atoms with van der Waals surface area (Å²) in [6.07, 6.45) is 4.49. The summed E-state index contributed by atoms with van der Waals surface area (Å²) in [5, 5.41) is 5.24. The highest BCUT2D eigenvalue weighted by atomic mass is 35.5. The maximum absolute atomic E-state index is 12.5. The van der Waals surface area contributed by atoms with Gasteiger partial charge in [0, 0.05) is 13.1 Å². The second kappa shape index (κ2) is 8.65. The van der Waals surface area contributed by atoms with Crippen molar-refractivity contribution in [3.63, 3.8) is 0 Å². The second-order valence-corrected chi connectivity index (χ2v) is 6.17. The Labute approximate surface area is 132 Å². The fraction of sp³-hybridized carbons (Fsp3) is 0.667. The summed E-state index contributed by atoms with van der Waals surface area (Å²) in [6.45, 7) is 5.05. The maximum atomic E-state index is 12.5. The molecule has 2 rings (SSSR count). The van der Waals surface area contributed by atoms with E-state index in [4.69, 9.17) is 0 Å². The van der Waals surface area contributed by atoms with Crippen molar-refractivity contribution in [3.8, 4) is 0 Å². The van der Waals surface area contributed by atoms with E-state index >= 15 is 0 Å². The van der Waals surface area contributed by atoms with Gasteiger partial charge in [-0.15, -0.1) is 23.7 Å². The van der Waals surface area contributed by atoms with E-state index in [9.17, 15) is 4.79 Å². The topological polar surface area (TPSA) is 32.3 Å². The number of nitrogens with one attached hydrogen (secondary N) is 1. The number of thiophene rings is 1. The zero-order valence-corrected chi connectivity index (χ0v) is 14.0. The van der Waals surface area contributed by atoms with E-state index in [1.54, 1.807) is 11.3 Å². The largest absolute Gasteiger partial charge is 0.338 e. The summed E-state index contributed by atoms with van der Waals surface area (Å²) in [5.41, 5.74) is 1.20. The molecule has 114 valence electrons. The molecule has 0 aromatic carbocycles. The normalized spacial score (nSPS) is 16.0. The van der Waals surface area contributed by atoms with E-state index in [1.807, 2.05) is 17.3 Å². The van der Waals surface area contributed by atoms with E-state index in [0.29, 0.717) is 0 Å². The van der Waals surface area contributed by atoms with Crippen LogP contribution in [-0.2, 0) is 6.42 Å².